The lowest BCUT2D eigenvalue weighted by Crippen LogP contribution is -2.44. The zero-order chi connectivity index (χ0) is 18.7. The Morgan fingerprint density at radius 1 is 1.08 bits per heavy atom. The fourth-order valence-corrected chi connectivity index (χ4v) is 2.97. The van der Waals surface area contributed by atoms with Crippen molar-refractivity contribution in [3.63, 3.8) is 0 Å². The first kappa shape index (κ1) is 18.0. The van der Waals surface area contributed by atoms with Crippen LogP contribution in [0.5, 0.6) is 11.5 Å². The van der Waals surface area contributed by atoms with Crippen LogP contribution in [0.15, 0.2) is 54.6 Å². The Balaban J connectivity index is 1.79. The molecule has 1 heterocycles. The number of para-hydroxylation sites is 3. The van der Waals surface area contributed by atoms with Crippen LogP contribution in [0, 0.1) is 5.92 Å². The van der Waals surface area contributed by atoms with E-state index in [2.05, 4.69) is 5.32 Å². The van der Waals surface area contributed by atoms with Crippen LogP contribution in [0.2, 0.25) is 0 Å². The van der Waals surface area contributed by atoms with E-state index in [1.165, 1.54) is 0 Å². The molecule has 2 aromatic carbocycles. The number of carbonyl (C=O) groups excluding carboxylic acids is 2. The van der Waals surface area contributed by atoms with Crippen molar-refractivity contribution in [3.05, 3.63) is 54.6 Å². The van der Waals surface area contributed by atoms with Crippen LogP contribution >= 0.6 is 0 Å². The molecule has 2 aromatic rings. The number of carbonyl (C=O) groups is 2. The minimum Gasteiger partial charge on any atom is -0.455 e. The van der Waals surface area contributed by atoms with E-state index in [-0.39, 0.29) is 29.7 Å². The number of amides is 2. The zero-order valence-corrected chi connectivity index (χ0v) is 15.4. The predicted octanol–water partition coefficient (Wildman–Crippen LogP) is 3.75. The molecule has 0 aromatic heterocycles. The Bertz CT molecular complexity index is 796. The third-order valence-corrected chi connectivity index (χ3v) is 4.12. The fraction of sp³-hybridized carbons (Fsp3) is 0.333. The Labute approximate surface area is 154 Å². The van der Waals surface area contributed by atoms with Gasteiger partial charge in [-0.3, -0.25) is 9.59 Å². The lowest BCUT2D eigenvalue weighted by Gasteiger charge is -2.23. The van der Waals surface area contributed by atoms with Crippen molar-refractivity contribution >= 4 is 17.5 Å². The lowest BCUT2D eigenvalue weighted by atomic mass is 10.0. The van der Waals surface area contributed by atoms with E-state index in [9.17, 15) is 9.59 Å². The van der Waals surface area contributed by atoms with Crippen LogP contribution < -0.4 is 15.0 Å². The Morgan fingerprint density at radius 2 is 1.73 bits per heavy atom. The van der Waals surface area contributed by atoms with Gasteiger partial charge in [0.25, 0.3) is 0 Å². The molecule has 0 spiro atoms. The minimum atomic E-state index is -0.355. The summed E-state index contributed by atoms with van der Waals surface area (Å²) in [7, 11) is 0. The second-order valence-corrected chi connectivity index (χ2v) is 7.53. The molecule has 1 aliphatic rings. The summed E-state index contributed by atoms with van der Waals surface area (Å²) in [5.41, 5.74) is 0.370. The van der Waals surface area contributed by atoms with Crippen LogP contribution in [0.25, 0.3) is 0 Å². The Morgan fingerprint density at radius 3 is 2.42 bits per heavy atom. The summed E-state index contributed by atoms with van der Waals surface area (Å²) < 4.78 is 5.95. The summed E-state index contributed by atoms with van der Waals surface area (Å²) >= 11 is 0. The van der Waals surface area contributed by atoms with Crippen molar-refractivity contribution in [3.8, 4) is 11.5 Å². The van der Waals surface area contributed by atoms with Crippen molar-refractivity contribution in [1.29, 1.82) is 0 Å². The summed E-state index contributed by atoms with van der Waals surface area (Å²) in [6.07, 6.45) is 0.210. The number of hydrogen-bond donors (Lipinski definition) is 1. The standard InChI is InChI=1S/C21H24N2O3/c1-21(2,3)22-20(25)15-13-19(24)23(14-15)17-11-7-8-12-18(17)26-16-9-5-4-6-10-16/h4-12,15H,13-14H2,1-3H3,(H,22,25). The van der Waals surface area contributed by atoms with Crippen molar-refractivity contribution < 1.29 is 14.3 Å². The SMILES string of the molecule is CC(C)(C)NC(=O)C1CC(=O)N(c2ccccc2Oc2ccccc2)C1. The maximum Gasteiger partial charge on any atom is 0.227 e. The zero-order valence-electron chi connectivity index (χ0n) is 15.4. The van der Waals surface area contributed by atoms with Gasteiger partial charge in [-0.05, 0) is 45.0 Å². The number of nitrogens with zero attached hydrogens (tertiary/aromatic N) is 1. The molecule has 2 amide bonds. The number of hydrogen-bond acceptors (Lipinski definition) is 3. The van der Waals surface area contributed by atoms with Crippen molar-refractivity contribution in [2.45, 2.75) is 32.7 Å². The topological polar surface area (TPSA) is 58.6 Å². The van der Waals surface area contributed by atoms with E-state index in [0.717, 1.165) is 0 Å². The number of ether oxygens (including phenoxy) is 1. The van der Waals surface area contributed by atoms with Gasteiger partial charge in [0.1, 0.15) is 5.75 Å². The fourth-order valence-electron chi connectivity index (χ4n) is 2.97. The predicted molar refractivity (Wildman–Crippen MR) is 101 cm³/mol. The van der Waals surface area contributed by atoms with Crippen molar-refractivity contribution in [2.24, 2.45) is 5.92 Å². The largest absolute Gasteiger partial charge is 0.455 e. The van der Waals surface area contributed by atoms with Crippen LogP contribution in [0.1, 0.15) is 27.2 Å². The van der Waals surface area contributed by atoms with E-state index in [1.54, 1.807) is 4.90 Å². The molecule has 5 nitrogen and oxygen atoms in total. The van der Waals surface area contributed by atoms with Gasteiger partial charge in [-0.15, -0.1) is 0 Å². The van der Waals surface area contributed by atoms with Crippen molar-refractivity contribution in [1.82, 2.24) is 5.32 Å². The molecular weight excluding hydrogens is 328 g/mol. The monoisotopic (exact) mass is 352 g/mol. The molecule has 1 N–H and O–H groups in total. The third kappa shape index (κ3) is 4.23. The molecule has 0 radical (unpaired) electrons. The first-order chi connectivity index (χ1) is 12.3. The van der Waals surface area contributed by atoms with Crippen LogP contribution in [0.4, 0.5) is 5.69 Å². The molecule has 3 rings (SSSR count). The molecule has 1 saturated heterocycles. The molecular formula is C21H24N2O3. The molecule has 26 heavy (non-hydrogen) atoms. The van der Waals surface area contributed by atoms with E-state index < -0.39 is 0 Å². The van der Waals surface area contributed by atoms with Gasteiger partial charge in [0.15, 0.2) is 5.75 Å². The molecule has 0 aliphatic carbocycles. The van der Waals surface area contributed by atoms with Gasteiger partial charge < -0.3 is 15.0 Å². The van der Waals surface area contributed by atoms with Crippen LogP contribution in [-0.2, 0) is 9.59 Å². The average Bonchev–Trinajstić information content (AvgIpc) is 2.97. The quantitative estimate of drug-likeness (QED) is 0.912. The molecule has 0 saturated carbocycles. The summed E-state index contributed by atoms with van der Waals surface area (Å²) in [4.78, 5) is 26.6. The van der Waals surface area contributed by atoms with Gasteiger partial charge >= 0.3 is 0 Å². The van der Waals surface area contributed by atoms with E-state index in [1.807, 2.05) is 75.4 Å². The maximum atomic E-state index is 12.6. The normalized spacial score (nSPS) is 17.3. The molecule has 1 unspecified atom stereocenters. The summed E-state index contributed by atoms with van der Waals surface area (Å²) in [6.45, 7) is 6.16. The lowest BCUT2D eigenvalue weighted by molar-refractivity contribution is -0.127. The van der Waals surface area contributed by atoms with Gasteiger partial charge in [0.05, 0.1) is 11.6 Å². The second kappa shape index (κ2) is 7.20. The highest BCUT2D eigenvalue weighted by Crippen LogP contribution is 2.35. The minimum absolute atomic E-state index is 0.0665. The number of rotatable bonds is 4. The highest BCUT2D eigenvalue weighted by Gasteiger charge is 2.37. The molecule has 136 valence electrons. The van der Waals surface area contributed by atoms with Gasteiger partial charge in [-0.2, -0.15) is 0 Å². The number of benzene rings is 2. The van der Waals surface area contributed by atoms with Gasteiger partial charge in [-0.25, -0.2) is 0 Å². The molecule has 5 heteroatoms. The van der Waals surface area contributed by atoms with E-state index in [0.29, 0.717) is 23.7 Å². The average molecular weight is 352 g/mol. The molecule has 0 bridgehead atoms. The summed E-state index contributed by atoms with van der Waals surface area (Å²) in [6, 6.07) is 16.8. The maximum absolute atomic E-state index is 12.6. The highest BCUT2D eigenvalue weighted by atomic mass is 16.5. The third-order valence-electron chi connectivity index (χ3n) is 4.12. The summed E-state index contributed by atoms with van der Waals surface area (Å²) in [5.74, 6) is 0.794. The van der Waals surface area contributed by atoms with E-state index >= 15 is 0 Å². The first-order valence-electron chi connectivity index (χ1n) is 8.78. The number of anilines is 1. The molecule has 1 fully saturated rings. The number of nitrogens with one attached hydrogen (secondary N) is 1. The smallest absolute Gasteiger partial charge is 0.227 e. The first-order valence-corrected chi connectivity index (χ1v) is 8.78. The van der Waals surface area contributed by atoms with Gasteiger partial charge in [0, 0.05) is 18.5 Å². The van der Waals surface area contributed by atoms with Crippen molar-refractivity contribution in [2.75, 3.05) is 11.4 Å². The Kier molecular flexibility index (Phi) is 4.98. The van der Waals surface area contributed by atoms with Crippen LogP contribution in [-0.4, -0.2) is 23.9 Å². The van der Waals surface area contributed by atoms with Gasteiger partial charge in [-0.1, -0.05) is 30.3 Å². The summed E-state index contributed by atoms with van der Waals surface area (Å²) in [5, 5.41) is 2.96. The Hall–Kier alpha value is -2.82. The molecule has 1 aliphatic heterocycles. The molecule has 1 atom stereocenters. The van der Waals surface area contributed by atoms with Gasteiger partial charge in [0.2, 0.25) is 11.8 Å². The second-order valence-electron chi connectivity index (χ2n) is 7.53. The van der Waals surface area contributed by atoms with E-state index in [4.69, 9.17) is 4.74 Å². The van der Waals surface area contributed by atoms with Crippen LogP contribution in [0.3, 0.4) is 0 Å². The highest BCUT2D eigenvalue weighted by molar-refractivity contribution is 6.01.